The Morgan fingerprint density at radius 1 is 1.15 bits per heavy atom. The number of hydrogen-bond donors (Lipinski definition) is 2. The fourth-order valence-electron chi connectivity index (χ4n) is 2.91. The van der Waals surface area contributed by atoms with Crippen LogP contribution in [0.2, 0.25) is 0 Å². The van der Waals surface area contributed by atoms with Gasteiger partial charge in [-0.05, 0) is 25.0 Å². The molecule has 1 fully saturated rings. The fourth-order valence-corrected chi connectivity index (χ4v) is 2.91. The lowest BCUT2D eigenvalue weighted by Gasteiger charge is -2.21. The highest BCUT2D eigenvalue weighted by Crippen LogP contribution is 2.25. The molecule has 0 spiro atoms. The average Bonchev–Trinajstić information content (AvgIpc) is 3.21. The number of aromatic nitrogens is 2. The second-order valence-corrected chi connectivity index (χ2v) is 6.59. The topological polar surface area (TPSA) is 90.5 Å². The lowest BCUT2D eigenvalue weighted by atomic mass is 10.2. The quantitative estimate of drug-likeness (QED) is 0.803. The predicted octanol–water partition coefficient (Wildman–Crippen LogP) is 1.51. The molecule has 8 heteroatoms. The van der Waals surface area contributed by atoms with Crippen LogP contribution in [-0.4, -0.2) is 55.5 Å². The number of carbonyl (C=O) groups excluding carboxylic acids is 2. The van der Waals surface area contributed by atoms with Crippen LogP contribution in [0.3, 0.4) is 0 Å². The van der Waals surface area contributed by atoms with Crippen LogP contribution < -0.4 is 20.4 Å². The van der Waals surface area contributed by atoms with E-state index in [1.807, 2.05) is 25.1 Å². The van der Waals surface area contributed by atoms with Gasteiger partial charge in [-0.2, -0.15) is 4.98 Å². The van der Waals surface area contributed by atoms with Crippen molar-refractivity contribution in [2.45, 2.75) is 12.8 Å². The lowest BCUT2D eigenvalue weighted by molar-refractivity contribution is -0.115. The summed E-state index contributed by atoms with van der Waals surface area (Å²) >= 11 is 0. The van der Waals surface area contributed by atoms with Crippen LogP contribution in [0.4, 0.5) is 17.5 Å². The van der Waals surface area contributed by atoms with E-state index in [0.29, 0.717) is 23.0 Å². The van der Waals surface area contributed by atoms with E-state index in [-0.39, 0.29) is 18.4 Å². The predicted molar refractivity (Wildman–Crippen MR) is 105 cm³/mol. The van der Waals surface area contributed by atoms with Gasteiger partial charge >= 0.3 is 0 Å². The van der Waals surface area contributed by atoms with Gasteiger partial charge in [0.1, 0.15) is 5.69 Å². The molecular weight excluding hydrogens is 344 g/mol. The number of amides is 2. The molecule has 0 radical (unpaired) electrons. The molecule has 0 aliphatic carbocycles. The molecular formula is C19H24N6O2. The third kappa shape index (κ3) is 4.72. The zero-order chi connectivity index (χ0) is 19.2. The lowest BCUT2D eigenvalue weighted by Crippen LogP contribution is -2.33. The number of rotatable bonds is 6. The maximum atomic E-state index is 12.3. The number of anilines is 3. The molecule has 1 aromatic heterocycles. The summed E-state index contributed by atoms with van der Waals surface area (Å²) in [4.78, 5) is 37.2. The largest absolute Gasteiger partial charge is 0.361 e. The van der Waals surface area contributed by atoms with Gasteiger partial charge in [0.25, 0.3) is 5.91 Å². The highest BCUT2D eigenvalue weighted by atomic mass is 16.2. The summed E-state index contributed by atoms with van der Waals surface area (Å²) < 4.78 is 0. The van der Waals surface area contributed by atoms with Gasteiger partial charge < -0.3 is 20.4 Å². The zero-order valence-corrected chi connectivity index (χ0v) is 15.6. The van der Waals surface area contributed by atoms with E-state index < -0.39 is 0 Å². The van der Waals surface area contributed by atoms with Crippen LogP contribution in [0.5, 0.6) is 0 Å². The van der Waals surface area contributed by atoms with Gasteiger partial charge in [0, 0.05) is 32.7 Å². The highest BCUT2D eigenvalue weighted by Gasteiger charge is 2.18. The van der Waals surface area contributed by atoms with E-state index in [1.54, 1.807) is 30.5 Å². The molecule has 142 valence electrons. The van der Waals surface area contributed by atoms with E-state index in [9.17, 15) is 9.59 Å². The first kappa shape index (κ1) is 18.6. The summed E-state index contributed by atoms with van der Waals surface area (Å²) in [5.41, 5.74) is 1.03. The summed E-state index contributed by atoms with van der Waals surface area (Å²) in [6.45, 7) is 1.77. The SMILES string of the molecule is CN(C)c1nc(N2CCCC2)ncc1NC(=O)CNC(=O)c1ccccc1. The van der Waals surface area contributed by atoms with Crippen molar-refractivity contribution >= 4 is 29.3 Å². The van der Waals surface area contributed by atoms with E-state index in [0.717, 1.165) is 25.9 Å². The zero-order valence-electron chi connectivity index (χ0n) is 15.6. The normalized spacial score (nSPS) is 13.3. The standard InChI is InChI=1S/C19H24N6O2/c1-24(2)17-15(12-21-19(23-17)25-10-6-7-11-25)22-16(26)13-20-18(27)14-8-4-3-5-9-14/h3-5,8-9,12H,6-7,10-11,13H2,1-2H3,(H,20,27)(H,22,26). The van der Waals surface area contributed by atoms with E-state index in [2.05, 4.69) is 25.5 Å². The summed E-state index contributed by atoms with van der Waals surface area (Å²) in [5, 5.41) is 5.39. The van der Waals surface area contributed by atoms with Crippen molar-refractivity contribution in [1.29, 1.82) is 0 Å². The van der Waals surface area contributed by atoms with Crippen LogP contribution in [0.25, 0.3) is 0 Å². The second kappa shape index (κ2) is 8.48. The van der Waals surface area contributed by atoms with E-state index in [1.165, 1.54) is 0 Å². The van der Waals surface area contributed by atoms with E-state index in [4.69, 9.17) is 0 Å². The van der Waals surface area contributed by atoms with Crippen LogP contribution in [-0.2, 0) is 4.79 Å². The van der Waals surface area contributed by atoms with Crippen LogP contribution in [0, 0.1) is 0 Å². The molecule has 1 saturated heterocycles. The third-order valence-corrected chi connectivity index (χ3v) is 4.29. The molecule has 1 aromatic carbocycles. The van der Waals surface area contributed by atoms with Gasteiger partial charge in [0.05, 0.1) is 12.7 Å². The van der Waals surface area contributed by atoms with Gasteiger partial charge in [-0.3, -0.25) is 9.59 Å². The Kier molecular flexibility index (Phi) is 5.85. The minimum atomic E-state index is -0.333. The van der Waals surface area contributed by atoms with Gasteiger partial charge in [-0.1, -0.05) is 18.2 Å². The Morgan fingerprint density at radius 2 is 1.85 bits per heavy atom. The molecule has 2 heterocycles. The van der Waals surface area contributed by atoms with Gasteiger partial charge in [-0.25, -0.2) is 4.98 Å². The first-order valence-corrected chi connectivity index (χ1v) is 8.97. The molecule has 27 heavy (non-hydrogen) atoms. The molecule has 0 bridgehead atoms. The average molecular weight is 368 g/mol. The van der Waals surface area contributed by atoms with Crippen molar-refractivity contribution in [1.82, 2.24) is 15.3 Å². The summed E-state index contributed by atoms with van der Waals surface area (Å²) in [6.07, 6.45) is 3.90. The smallest absolute Gasteiger partial charge is 0.251 e. The van der Waals surface area contributed by atoms with Crippen molar-refractivity contribution in [3.05, 3.63) is 42.1 Å². The molecule has 2 aromatic rings. The monoisotopic (exact) mass is 368 g/mol. The number of carbonyl (C=O) groups is 2. The maximum Gasteiger partial charge on any atom is 0.251 e. The molecule has 2 amide bonds. The maximum absolute atomic E-state index is 12.3. The molecule has 1 aliphatic rings. The summed E-state index contributed by atoms with van der Waals surface area (Å²) in [6, 6.07) is 8.78. The molecule has 8 nitrogen and oxygen atoms in total. The highest BCUT2D eigenvalue weighted by molar-refractivity contribution is 6.00. The van der Waals surface area contributed by atoms with Crippen LogP contribution in [0.15, 0.2) is 36.5 Å². The van der Waals surface area contributed by atoms with Crippen molar-refractivity contribution in [3.8, 4) is 0 Å². The number of nitrogens with one attached hydrogen (secondary N) is 2. The van der Waals surface area contributed by atoms with Crippen LogP contribution in [0.1, 0.15) is 23.2 Å². The van der Waals surface area contributed by atoms with E-state index >= 15 is 0 Å². The van der Waals surface area contributed by atoms with Gasteiger partial charge in [-0.15, -0.1) is 0 Å². The number of benzene rings is 1. The molecule has 1 aliphatic heterocycles. The first-order valence-electron chi connectivity index (χ1n) is 8.97. The van der Waals surface area contributed by atoms with Crippen LogP contribution >= 0.6 is 0 Å². The molecule has 2 N–H and O–H groups in total. The minimum Gasteiger partial charge on any atom is -0.361 e. The Bertz CT molecular complexity index is 803. The van der Waals surface area contributed by atoms with Crippen molar-refractivity contribution < 1.29 is 9.59 Å². The molecule has 0 saturated carbocycles. The van der Waals surface area contributed by atoms with Crippen molar-refractivity contribution in [3.63, 3.8) is 0 Å². The molecule has 3 rings (SSSR count). The third-order valence-electron chi connectivity index (χ3n) is 4.29. The minimum absolute atomic E-state index is 0.130. The van der Waals surface area contributed by atoms with Crippen molar-refractivity contribution in [2.24, 2.45) is 0 Å². The second-order valence-electron chi connectivity index (χ2n) is 6.59. The molecule has 0 atom stereocenters. The molecule has 0 unspecified atom stereocenters. The Labute approximate surface area is 158 Å². The number of nitrogens with zero attached hydrogens (tertiary/aromatic N) is 4. The van der Waals surface area contributed by atoms with Gasteiger partial charge in [0.15, 0.2) is 5.82 Å². The number of hydrogen-bond acceptors (Lipinski definition) is 6. The Morgan fingerprint density at radius 3 is 2.52 bits per heavy atom. The summed E-state index contributed by atoms with van der Waals surface area (Å²) in [5.74, 6) is 0.681. The summed E-state index contributed by atoms with van der Waals surface area (Å²) in [7, 11) is 3.73. The van der Waals surface area contributed by atoms with Gasteiger partial charge in [0.2, 0.25) is 11.9 Å². The fraction of sp³-hybridized carbons (Fsp3) is 0.368. The Hall–Kier alpha value is -3.16. The van der Waals surface area contributed by atoms with Crippen molar-refractivity contribution in [2.75, 3.05) is 48.8 Å². The first-order chi connectivity index (χ1) is 13.0. The Balaban J connectivity index is 1.63.